The van der Waals surface area contributed by atoms with Crippen LogP contribution in [0, 0.1) is 6.92 Å². The Bertz CT molecular complexity index is 1710. The molecule has 0 radical (unpaired) electrons. The largest absolute Gasteiger partial charge is 0.480 e. The van der Waals surface area contributed by atoms with Crippen molar-refractivity contribution in [1.29, 1.82) is 0 Å². The maximum atomic E-state index is 12.7. The van der Waals surface area contributed by atoms with Crippen molar-refractivity contribution in [3.05, 3.63) is 112 Å². The number of alkyl carbamates (subject to hydrolysis) is 1. The summed E-state index contributed by atoms with van der Waals surface area (Å²) >= 11 is 0. The van der Waals surface area contributed by atoms with Crippen molar-refractivity contribution < 1.29 is 19.4 Å². The van der Waals surface area contributed by atoms with Crippen molar-refractivity contribution in [3.8, 4) is 11.4 Å². The molecule has 5 rings (SSSR count). The molecular formula is C30H28N6O5. The molecule has 5 aromatic rings. The topological polar surface area (TPSA) is 151 Å². The SMILES string of the molecule is Cc1cn(C[C@H](NC(=O)OCc2ccccc2)C(=O)O)c(=O)nc1NCc1cccc(-c2nc3ccccc3[nH]2)c1. The number of anilines is 1. The van der Waals surface area contributed by atoms with E-state index < -0.39 is 23.8 Å². The zero-order valence-electron chi connectivity index (χ0n) is 22.2. The molecule has 0 aliphatic rings. The molecule has 2 aromatic heterocycles. The Balaban J connectivity index is 1.22. The molecule has 4 N–H and O–H groups in total. The minimum atomic E-state index is -1.39. The number of nitrogens with one attached hydrogen (secondary N) is 3. The van der Waals surface area contributed by atoms with Crippen LogP contribution in [0.2, 0.25) is 0 Å². The van der Waals surface area contributed by atoms with Gasteiger partial charge < -0.3 is 25.5 Å². The highest BCUT2D eigenvalue weighted by Gasteiger charge is 2.22. The summed E-state index contributed by atoms with van der Waals surface area (Å²) in [5.74, 6) is -0.171. The molecule has 3 aromatic carbocycles. The standard InChI is InChI=1S/C30H28N6O5/c1-19-16-36(17-25(28(37)38)34-30(40)41-18-20-8-3-2-4-9-20)29(39)35-26(19)31-15-21-10-7-11-22(14-21)27-32-23-12-5-6-13-24(23)33-27/h2-14,16,25H,15,17-18H2,1H3,(H,32,33)(H,34,40)(H,37,38)(H,31,35,39)/t25-/m0/s1. The minimum absolute atomic E-state index is 0.0127. The van der Waals surface area contributed by atoms with E-state index in [4.69, 9.17) is 4.74 Å². The zero-order chi connectivity index (χ0) is 28.8. The Kier molecular flexibility index (Phi) is 8.05. The fourth-order valence-electron chi connectivity index (χ4n) is 4.30. The number of aromatic nitrogens is 4. The van der Waals surface area contributed by atoms with E-state index in [1.54, 1.807) is 31.2 Å². The summed E-state index contributed by atoms with van der Waals surface area (Å²) in [6.45, 7) is 1.83. The van der Waals surface area contributed by atoms with Gasteiger partial charge >= 0.3 is 17.8 Å². The van der Waals surface area contributed by atoms with Gasteiger partial charge in [-0.15, -0.1) is 0 Å². The first-order chi connectivity index (χ1) is 19.9. The third-order valence-corrected chi connectivity index (χ3v) is 6.41. The van der Waals surface area contributed by atoms with Gasteiger partial charge in [-0.3, -0.25) is 4.57 Å². The summed E-state index contributed by atoms with van der Waals surface area (Å²) < 4.78 is 6.26. The van der Waals surface area contributed by atoms with Crippen LogP contribution < -0.4 is 16.3 Å². The quantitative estimate of drug-likeness (QED) is 0.202. The monoisotopic (exact) mass is 552 g/mol. The molecule has 41 heavy (non-hydrogen) atoms. The maximum Gasteiger partial charge on any atom is 0.408 e. The van der Waals surface area contributed by atoms with Crippen LogP contribution in [0.4, 0.5) is 10.6 Å². The van der Waals surface area contributed by atoms with Crippen molar-refractivity contribution in [1.82, 2.24) is 24.8 Å². The lowest BCUT2D eigenvalue weighted by Gasteiger charge is -2.17. The maximum absolute atomic E-state index is 12.7. The summed E-state index contributed by atoms with van der Waals surface area (Å²) in [6, 6.07) is 23.3. The highest BCUT2D eigenvalue weighted by Crippen LogP contribution is 2.22. The first-order valence-electron chi connectivity index (χ1n) is 12.9. The number of carbonyl (C=O) groups is 2. The molecule has 0 bridgehead atoms. The number of carboxylic acids is 1. The lowest BCUT2D eigenvalue weighted by molar-refractivity contribution is -0.139. The van der Waals surface area contributed by atoms with Gasteiger partial charge in [0.05, 0.1) is 17.6 Å². The smallest absolute Gasteiger partial charge is 0.408 e. The number of aromatic amines is 1. The number of amides is 1. The third kappa shape index (κ3) is 6.77. The van der Waals surface area contributed by atoms with Crippen molar-refractivity contribution in [2.75, 3.05) is 5.32 Å². The number of aryl methyl sites for hydroxylation is 1. The molecule has 0 saturated heterocycles. The molecule has 208 valence electrons. The molecule has 0 fully saturated rings. The van der Waals surface area contributed by atoms with E-state index in [0.717, 1.165) is 38.1 Å². The van der Waals surface area contributed by atoms with Gasteiger partial charge in [0, 0.05) is 23.9 Å². The van der Waals surface area contributed by atoms with Gasteiger partial charge in [-0.2, -0.15) is 4.98 Å². The van der Waals surface area contributed by atoms with Crippen molar-refractivity contribution in [2.24, 2.45) is 0 Å². The number of aliphatic carboxylic acids is 1. The van der Waals surface area contributed by atoms with E-state index in [1.165, 1.54) is 6.20 Å². The van der Waals surface area contributed by atoms with Crippen molar-refractivity contribution >= 4 is 28.9 Å². The van der Waals surface area contributed by atoms with Crippen LogP contribution in [0.25, 0.3) is 22.4 Å². The number of H-pyrrole nitrogens is 1. The number of hydrogen-bond donors (Lipinski definition) is 4. The molecule has 0 saturated carbocycles. The van der Waals surface area contributed by atoms with Gasteiger partial charge in [-0.05, 0) is 36.2 Å². The highest BCUT2D eigenvalue weighted by molar-refractivity contribution is 5.80. The lowest BCUT2D eigenvalue weighted by Crippen LogP contribution is -2.45. The second-order valence-electron chi connectivity index (χ2n) is 9.46. The number of benzene rings is 3. The Hall–Kier alpha value is -5.45. The summed E-state index contributed by atoms with van der Waals surface area (Å²) in [5.41, 5.74) is 4.46. The van der Waals surface area contributed by atoms with E-state index in [-0.39, 0.29) is 13.2 Å². The molecule has 11 heteroatoms. The van der Waals surface area contributed by atoms with Gasteiger partial charge in [0.1, 0.15) is 24.3 Å². The number of imidazole rings is 1. The minimum Gasteiger partial charge on any atom is -0.480 e. The predicted octanol–water partition coefficient (Wildman–Crippen LogP) is 4.09. The fourth-order valence-corrected chi connectivity index (χ4v) is 4.30. The number of hydrogen-bond acceptors (Lipinski definition) is 7. The average Bonchev–Trinajstić information content (AvgIpc) is 3.42. The van der Waals surface area contributed by atoms with E-state index in [0.29, 0.717) is 17.9 Å². The summed E-state index contributed by atoms with van der Waals surface area (Å²) in [7, 11) is 0. The van der Waals surface area contributed by atoms with Crippen LogP contribution in [-0.2, 0) is 29.2 Å². The number of carbonyl (C=O) groups excluding carboxylic acids is 1. The molecule has 0 spiro atoms. The first-order valence-corrected chi connectivity index (χ1v) is 12.9. The van der Waals surface area contributed by atoms with Crippen LogP contribution in [-0.4, -0.2) is 42.7 Å². The lowest BCUT2D eigenvalue weighted by atomic mass is 10.1. The molecule has 1 amide bonds. The number of para-hydroxylation sites is 2. The van der Waals surface area contributed by atoms with E-state index >= 15 is 0 Å². The summed E-state index contributed by atoms with van der Waals surface area (Å²) in [5, 5.41) is 15.1. The van der Waals surface area contributed by atoms with E-state index in [2.05, 4.69) is 25.6 Å². The van der Waals surface area contributed by atoms with Crippen LogP contribution in [0.15, 0.2) is 89.9 Å². The van der Waals surface area contributed by atoms with Gasteiger partial charge in [-0.25, -0.2) is 19.4 Å². The number of nitrogens with zero attached hydrogens (tertiary/aromatic N) is 3. The normalized spacial score (nSPS) is 11.6. The Morgan fingerprint density at radius 2 is 1.76 bits per heavy atom. The van der Waals surface area contributed by atoms with E-state index in [1.807, 2.05) is 54.6 Å². The number of rotatable bonds is 10. The van der Waals surface area contributed by atoms with Crippen LogP contribution in [0.5, 0.6) is 0 Å². The number of carboxylic acid groups (broad SMARTS) is 1. The third-order valence-electron chi connectivity index (χ3n) is 6.41. The molecule has 2 heterocycles. The summed E-state index contributed by atoms with van der Waals surface area (Å²) in [4.78, 5) is 48.8. The van der Waals surface area contributed by atoms with Crippen LogP contribution in [0.3, 0.4) is 0 Å². The van der Waals surface area contributed by atoms with Gasteiger partial charge in [-0.1, -0.05) is 60.7 Å². The van der Waals surface area contributed by atoms with E-state index in [9.17, 15) is 19.5 Å². The van der Waals surface area contributed by atoms with Crippen molar-refractivity contribution in [2.45, 2.75) is 32.7 Å². The van der Waals surface area contributed by atoms with Crippen LogP contribution >= 0.6 is 0 Å². The predicted molar refractivity (Wildman–Crippen MR) is 153 cm³/mol. The molecule has 11 nitrogen and oxygen atoms in total. The Morgan fingerprint density at radius 1 is 1.00 bits per heavy atom. The molecule has 0 aliphatic carbocycles. The fraction of sp³-hybridized carbons (Fsp3) is 0.167. The number of fused-ring (bicyclic) bond motifs is 1. The van der Waals surface area contributed by atoms with Crippen LogP contribution in [0.1, 0.15) is 16.7 Å². The second kappa shape index (κ2) is 12.2. The number of ether oxygens (including phenoxy) is 1. The van der Waals surface area contributed by atoms with Crippen molar-refractivity contribution in [3.63, 3.8) is 0 Å². The second-order valence-corrected chi connectivity index (χ2v) is 9.46. The average molecular weight is 553 g/mol. The Morgan fingerprint density at radius 3 is 2.54 bits per heavy atom. The van der Waals surface area contributed by atoms with Gasteiger partial charge in [0.15, 0.2) is 0 Å². The highest BCUT2D eigenvalue weighted by atomic mass is 16.5. The molecule has 1 atom stereocenters. The van der Waals surface area contributed by atoms with Gasteiger partial charge in [0.25, 0.3) is 0 Å². The summed E-state index contributed by atoms with van der Waals surface area (Å²) in [6.07, 6.45) is 0.609. The molecule has 0 aliphatic heterocycles. The first kappa shape index (κ1) is 27.1. The van der Waals surface area contributed by atoms with Gasteiger partial charge in [0.2, 0.25) is 0 Å². The zero-order valence-corrected chi connectivity index (χ0v) is 22.2. The molecule has 0 unspecified atom stereocenters. The molecular weight excluding hydrogens is 524 g/mol. The Labute approximate surface area is 234 Å².